The number of hydrogen-bond acceptors (Lipinski definition) is 3. The maximum atomic E-state index is 12.6. The summed E-state index contributed by atoms with van der Waals surface area (Å²) in [6, 6.07) is 7.47. The molecule has 2 rings (SSSR count). The average Bonchev–Trinajstić information content (AvgIpc) is 2.53. The number of nitrogens with zero attached hydrogens (tertiary/aromatic N) is 1. The van der Waals surface area contributed by atoms with Crippen LogP contribution in [0.4, 0.5) is 0 Å². The van der Waals surface area contributed by atoms with E-state index < -0.39 is 21.5 Å². The predicted octanol–water partition coefficient (Wildman–Crippen LogP) is 1.69. The number of likely N-dealkylation sites (tertiary alicyclic amines) is 1. The van der Waals surface area contributed by atoms with Crippen LogP contribution in [0.5, 0.6) is 0 Å². The summed E-state index contributed by atoms with van der Waals surface area (Å²) in [5, 5.41) is 9.39. The summed E-state index contributed by atoms with van der Waals surface area (Å²) in [6.07, 6.45) is 2.66. The zero-order valence-electron chi connectivity index (χ0n) is 12.9. The van der Waals surface area contributed by atoms with Gasteiger partial charge in [0.15, 0.2) is 0 Å². The Morgan fingerprint density at radius 3 is 2.36 bits per heavy atom. The Labute approximate surface area is 132 Å². The molecule has 120 valence electrons. The highest BCUT2D eigenvalue weighted by Gasteiger charge is 2.46. The van der Waals surface area contributed by atoms with Gasteiger partial charge in [-0.25, -0.2) is 0 Å². The lowest BCUT2D eigenvalue weighted by molar-refractivity contribution is -0.141. The second-order valence-corrected chi connectivity index (χ2v) is 7.25. The van der Waals surface area contributed by atoms with Gasteiger partial charge >= 0.3 is 5.97 Å². The van der Waals surface area contributed by atoms with Gasteiger partial charge in [-0.2, -0.15) is 0 Å². The van der Waals surface area contributed by atoms with Crippen molar-refractivity contribution in [1.29, 1.82) is 0 Å². The van der Waals surface area contributed by atoms with E-state index in [1.807, 2.05) is 25.1 Å². The van der Waals surface area contributed by atoms with Crippen LogP contribution in [-0.2, 0) is 22.0 Å². The topological polar surface area (TPSA) is 74.7 Å². The molecule has 1 atom stereocenters. The number of carboxylic acid groups (broad SMARTS) is 1. The van der Waals surface area contributed by atoms with Crippen LogP contribution in [0.1, 0.15) is 35.7 Å². The summed E-state index contributed by atoms with van der Waals surface area (Å²) in [7, 11) is -1.46. The molecule has 0 aromatic heterocycles. The highest BCUT2D eigenvalue weighted by molar-refractivity contribution is 7.86. The molecule has 1 fully saturated rings. The van der Waals surface area contributed by atoms with E-state index in [1.54, 1.807) is 11.0 Å². The van der Waals surface area contributed by atoms with E-state index in [0.717, 1.165) is 12.0 Å². The number of amides is 1. The van der Waals surface area contributed by atoms with Crippen molar-refractivity contribution in [3.63, 3.8) is 0 Å². The van der Waals surface area contributed by atoms with E-state index in [0.29, 0.717) is 18.7 Å². The molecule has 0 radical (unpaired) electrons. The number of hydrogen-bond donors (Lipinski definition) is 1. The zero-order valence-corrected chi connectivity index (χ0v) is 13.7. The molecule has 0 bridgehead atoms. The molecule has 1 aliphatic heterocycles. The Balaban J connectivity index is 2.16. The van der Waals surface area contributed by atoms with Crippen molar-refractivity contribution in [1.82, 2.24) is 4.90 Å². The fourth-order valence-electron chi connectivity index (χ4n) is 2.90. The van der Waals surface area contributed by atoms with Gasteiger partial charge < -0.3 is 10.0 Å². The Kier molecular flexibility index (Phi) is 5.01. The predicted molar refractivity (Wildman–Crippen MR) is 85.4 cm³/mol. The van der Waals surface area contributed by atoms with Crippen molar-refractivity contribution in [2.45, 2.75) is 30.9 Å². The van der Waals surface area contributed by atoms with Crippen molar-refractivity contribution in [2.75, 3.05) is 19.3 Å². The molecule has 1 N–H and O–H groups in total. The molecule has 0 spiro atoms. The van der Waals surface area contributed by atoms with E-state index >= 15 is 0 Å². The molecular weight excluding hydrogens is 302 g/mol. The van der Waals surface area contributed by atoms with Crippen LogP contribution >= 0.6 is 0 Å². The van der Waals surface area contributed by atoms with Gasteiger partial charge in [-0.3, -0.25) is 13.8 Å². The lowest BCUT2D eigenvalue weighted by atomic mass is 9.94. The number of aliphatic carboxylic acids is 1. The third-order valence-corrected chi connectivity index (χ3v) is 6.11. The number of benzene rings is 1. The van der Waals surface area contributed by atoms with Gasteiger partial charge in [-0.05, 0) is 30.9 Å². The Bertz CT molecular complexity index is 590. The summed E-state index contributed by atoms with van der Waals surface area (Å²) in [4.78, 5) is 25.8. The summed E-state index contributed by atoms with van der Waals surface area (Å²) in [5.41, 5.74) is 1.66. The number of rotatable bonds is 4. The molecule has 22 heavy (non-hydrogen) atoms. The molecule has 1 saturated heterocycles. The highest BCUT2D eigenvalue weighted by Crippen LogP contribution is 2.29. The SMILES string of the molecule is CCc1ccccc1C(=O)N1CCC(C(=O)O)([S@@](C)=O)CC1. The molecule has 0 aliphatic carbocycles. The first-order chi connectivity index (χ1) is 10.4. The Morgan fingerprint density at radius 2 is 1.86 bits per heavy atom. The fraction of sp³-hybridized carbons (Fsp3) is 0.500. The minimum atomic E-state index is -1.46. The quantitative estimate of drug-likeness (QED) is 0.915. The summed E-state index contributed by atoms with van der Waals surface area (Å²) >= 11 is 0. The number of carbonyl (C=O) groups excluding carboxylic acids is 1. The third kappa shape index (κ3) is 2.92. The van der Waals surface area contributed by atoms with E-state index in [1.165, 1.54) is 6.26 Å². The Morgan fingerprint density at radius 1 is 1.27 bits per heavy atom. The van der Waals surface area contributed by atoms with Crippen LogP contribution in [0, 0.1) is 0 Å². The van der Waals surface area contributed by atoms with Crippen molar-refractivity contribution in [3.05, 3.63) is 35.4 Å². The maximum Gasteiger partial charge on any atom is 0.322 e. The monoisotopic (exact) mass is 323 g/mol. The average molecular weight is 323 g/mol. The van der Waals surface area contributed by atoms with Gasteiger partial charge in [-0.1, -0.05) is 25.1 Å². The molecular formula is C16H21NO4S. The Hall–Kier alpha value is -1.69. The number of piperidine rings is 1. The number of carbonyl (C=O) groups is 2. The minimum Gasteiger partial charge on any atom is -0.480 e. The first-order valence-corrected chi connectivity index (χ1v) is 8.92. The van der Waals surface area contributed by atoms with Gasteiger partial charge in [-0.15, -0.1) is 0 Å². The lowest BCUT2D eigenvalue weighted by Gasteiger charge is -2.37. The highest BCUT2D eigenvalue weighted by atomic mass is 32.2. The zero-order chi connectivity index (χ0) is 16.3. The third-order valence-electron chi connectivity index (χ3n) is 4.43. The minimum absolute atomic E-state index is 0.0710. The molecule has 1 heterocycles. The molecule has 5 nitrogen and oxygen atoms in total. The van der Waals surface area contributed by atoms with Gasteiger partial charge in [0.2, 0.25) is 0 Å². The lowest BCUT2D eigenvalue weighted by Crippen LogP contribution is -2.53. The van der Waals surface area contributed by atoms with Crippen LogP contribution in [0.15, 0.2) is 24.3 Å². The van der Waals surface area contributed by atoms with Crippen molar-refractivity contribution < 1.29 is 18.9 Å². The van der Waals surface area contributed by atoms with Gasteiger partial charge in [0.1, 0.15) is 4.75 Å². The maximum absolute atomic E-state index is 12.6. The molecule has 0 saturated carbocycles. The molecule has 1 amide bonds. The van der Waals surface area contributed by atoms with Crippen LogP contribution in [0.2, 0.25) is 0 Å². The standard InChI is InChI=1S/C16H21NO4S/c1-3-12-6-4-5-7-13(12)14(18)17-10-8-16(9-11-17,15(19)20)22(2)21/h4-7H,3,8-11H2,1-2H3,(H,19,20)/t22-/m1/s1. The van der Waals surface area contributed by atoms with Gasteiger partial charge in [0.25, 0.3) is 5.91 Å². The largest absolute Gasteiger partial charge is 0.480 e. The first-order valence-electron chi connectivity index (χ1n) is 7.36. The number of carboxylic acids is 1. The number of aryl methyl sites for hydroxylation is 1. The second kappa shape index (κ2) is 6.60. The van der Waals surface area contributed by atoms with Gasteiger partial charge in [0, 0.05) is 35.7 Å². The molecule has 1 aromatic rings. The first kappa shape index (κ1) is 16.7. The van der Waals surface area contributed by atoms with Crippen LogP contribution in [0.3, 0.4) is 0 Å². The summed E-state index contributed by atoms with van der Waals surface area (Å²) in [6.45, 7) is 2.64. The van der Waals surface area contributed by atoms with Crippen LogP contribution in [0.25, 0.3) is 0 Å². The smallest absolute Gasteiger partial charge is 0.322 e. The van der Waals surface area contributed by atoms with E-state index in [2.05, 4.69) is 0 Å². The van der Waals surface area contributed by atoms with E-state index in [4.69, 9.17) is 0 Å². The summed E-state index contributed by atoms with van der Waals surface area (Å²) in [5.74, 6) is -1.10. The second-order valence-electron chi connectivity index (χ2n) is 5.56. The molecule has 0 unspecified atom stereocenters. The van der Waals surface area contributed by atoms with Crippen molar-refractivity contribution in [3.8, 4) is 0 Å². The van der Waals surface area contributed by atoms with E-state index in [-0.39, 0.29) is 18.7 Å². The summed E-state index contributed by atoms with van der Waals surface area (Å²) < 4.78 is 10.6. The van der Waals surface area contributed by atoms with Crippen LogP contribution < -0.4 is 0 Å². The van der Waals surface area contributed by atoms with Gasteiger partial charge in [0.05, 0.1) is 0 Å². The molecule has 1 aromatic carbocycles. The fourth-order valence-corrected chi connectivity index (χ4v) is 3.91. The molecule has 1 aliphatic rings. The van der Waals surface area contributed by atoms with Crippen molar-refractivity contribution >= 4 is 22.7 Å². The van der Waals surface area contributed by atoms with E-state index in [9.17, 15) is 18.9 Å². The van der Waals surface area contributed by atoms with Crippen LogP contribution in [-0.4, -0.2) is 50.2 Å². The van der Waals surface area contributed by atoms with Crippen molar-refractivity contribution in [2.24, 2.45) is 0 Å². The normalized spacial score (nSPS) is 18.7. The molecule has 6 heteroatoms.